The summed E-state index contributed by atoms with van der Waals surface area (Å²) in [6.45, 7) is 3.80. The summed E-state index contributed by atoms with van der Waals surface area (Å²) in [6, 6.07) is 10.7. The Morgan fingerprint density at radius 3 is 2.38 bits per heavy atom. The van der Waals surface area contributed by atoms with Crippen molar-refractivity contribution in [3.63, 3.8) is 0 Å². The number of ketones is 2. The van der Waals surface area contributed by atoms with Gasteiger partial charge in [-0.1, -0.05) is 78.3 Å². The van der Waals surface area contributed by atoms with Crippen molar-refractivity contribution in [2.75, 3.05) is 0 Å². The molecule has 2 aromatic rings. The van der Waals surface area contributed by atoms with E-state index in [1.165, 1.54) is 6.08 Å². The van der Waals surface area contributed by atoms with E-state index in [0.717, 1.165) is 5.39 Å². The second-order valence-corrected chi connectivity index (χ2v) is 9.07. The van der Waals surface area contributed by atoms with E-state index in [2.05, 4.69) is 6.58 Å². The molecule has 0 unspecified atom stereocenters. The minimum atomic E-state index is -1.99. The molecule has 3 atom stereocenters. The van der Waals surface area contributed by atoms with Gasteiger partial charge in [-0.25, -0.2) is 0 Å². The van der Waals surface area contributed by atoms with E-state index in [1.54, 1.807) is 30.3 Å². The lowest BCUT2D eigenvalue weighted by Gasteiger charge is -2.50. The number of fused-ring (bicyclic) bond motifs is 2. The number of carbonyl (C=O) groups excluding carboxylic acids is 2. The summed E-state index contributed by atoms with van der Waals surface area (Å²) < 4.78 is 0. The van der Waals surface area contributed by atoms with Crippen LogP contribution in [0.3, 0.4) is 0 Å². The Labute approximate surface area is 187 Å². The third kappa shape index (κ3) is 2.58. The van der Waals surface area contributed by atoms with Gasteiger partial charge < -0.3 is 5.11 Å². The Hall–Kier alpha value is -1.78. The summed E-state index contributed by atoms with van der Waals surface area (Å²) in [5.74, 6) is -2.50. The highest BCUT2D eigenvalue weighted by Gasteiger charge is 2.68. The van der Waals surface area contributed by atoms with E-state index in [9.17, 15) is 14.7 Å². The molecule has 0 amide bonds. The van der Waals surface area contributed by atoms with Crippen molar-refractivity contribution in [2.45, 2.75) is 22.1 Å². The van der Waals surface area contributed by atoms with Crippen molar-refractivity contribution in [3.05, 3.63) is 76.3 Å². The Bertz CT molecular complexity index is 1170. The summed E-state index contributed by atoms with van der Waals surface area (Å²) >= 11 is 25.8. The first-order valence-electron chi connectivity index (χ1n) is 8.74. The topological polar surface area (TPSA) is 54.4 Å². The molecular formula is C22H14Cl4O3. The third-order valence-corrected chi connectivity index (χ3v) is 7.94. The van der Waals surface area contributed by atoms with Crippen molar-refractivity contribution in [2.24, 2.45) is 0 Å². The molecular weight excluding hydrogens is 454 g/mol. The van der Waals surface area contributed by atoms with Gasteiger partial charge in [0.25, 0.3) is 0 Å². The molecule has 0 radical (unpaired) electrons. The minimum absolute atomic E-state index is 0.0325. The Kier molecular flexibility index (Phi) is 4.86. The summed E-state index contributed by atoms with van der Waals surface area (Å²) in [5, 5.41) is 11.5. The maximum Gasteiger partial charge on any atom is 0.199 e. The van der Waals surface area contributed by atoms with Crippen LogP contribution in [0, 0.1) is 0 Å². The van der Waals surface area contributed by atoms with Crippen LogP contribution >= 0.6 is 46.4 Å². The van der Waals surface area contributed by atoms with Gasteiger partial charge in [-0.3, -0.25) is 9.59 Å². The molecule has 1 N–H and O–H groups in total. The van der Waals surface area contributed by atoms with Gasteiger partial charge in [-0.15, -0.1) is 23.2 Å². The van der Waals surface area contributed by atoms with Gasteiger partial charge in [0.15, 0.2) is 11.6 Å². The van der Waals surface area contributed by atoms with Gasteiger partial charge in [0.2, 0.25) is 0 Å². The van der Waals surface area contributed by atoms with Crippen molar-refractivity contribution in [1.82, 2.24) is 0 Å². The van der Waals surface area contributed by atoms with E-state index >= 15 is 0 Å². The van der Waals surface area contributed by atoms with Crippen LogP contribution in [0.15, 0.2) is 70.8 Å². The van der Waals surface area contributed by atoms with Gasteiger partial charge >= 0.3 is 0 Å². The fourth-order valence-corrected chi connectivity index (χ4v) is 5.63. The summed E-state index contributed by atoms with van der Waals surface area (Å²) in [5.41, 5.74) is 0.906. The molecule has 0 saturated heterocycles. The first-order valence-corrected chi connectivity index (χ1v) is 10.3. The van der Waals surface area contributed by atoms with Crippen molar-refractivity contribution in [3.8, 4) is 5.75 Å². The zero-order valence-electron chi connectivity index (χ0n) is 14.9. The van der Waals surface area contributed by atoms with E-state index in [-0.39, 0.29) is 12.2 Å². The molecule has 3 nitrogen and oxygen atoms in total. The number of halogens is 4. The fraction of sp³-hybridized carbons (Fsp3) is 0.182. The van der Waals surface area contributed by atoms with Crippen LogP contribution in [0.25, 0.3) is 10.8 Å². The Balaban J connectivity index is 2.06. The van der Waals surface area contributed by atoms with Gasteiger partial charge in [0, 0.05) is 16.9 Å². The normalized spacial score (nSPS) is 29.7. The van der Waals surface area contributed by atoms with Gasteiger partial charge in [-0.05, 0) is 17.4 Å². The molecule has 4 rings (SSSR count). The number of hydrogen-bond donors (Lipinski definition) is 1. The van der Waals surface area contributed by atoms with Crippen LogP contribution in [-0.4, -0.2) is 26.4 Å². The quantitative estimate of drug-likeness (QED) is 0.556. The highest BCUT2D eigenvalue weighted by atomic mass is 35.5. The molecule has 0 fully saturated rings. The monoisotopic (exact) mass is 466 g/mol. The van der Waals surface area contributed by atoms with Crippen molar-refractivity contribution >= 4 is 68.7 Å². The van der Waals surface area contributed by atoms with E-state index in [4.69, 9.17) is 46.4 Å². The van der Waals surface area contributed by atoms with E-state index in [0.29, 0.717) is 16.5 Å². The summed E-state index contributed by atoms with van der Waals surface area (Å²) in [4.78, 5) is 22.4. The molecule has 29 heavy (non-hydrogen) atoms. The molecule has 2 aromatic carbocycles. The van der Waals surface area contributed by atoms with Gasteiger partial charge in [-0.2, -0.15) is 0 Å². The number of hydrogen-bond acceptors (Lipinski definition) is 3. The molecule has 0 aliphatic heterocycles. The second-order valence-electron chi connectivity index (χ2n) is 7.07. The molecule has 2 aliphatic rings. The number of Topliss-reactive ketones (excluding diaryl/α,β-unsaturated/α-hetero) is 2. The first kappa shape index (κ1) is 20.5. The fourth-order valence-electron chi connectivity index (χ4n) is 4.19. The number of alkyl halides is 2. The first-order chi connectivity index (χ1) is 13.7. The smallest absolute Gasteiger partial charge is 0.199 e. The number of phenols is 1. The zero-order valence-corrected chi connectivity index (χ0v) is 17.9. The summed E-state index contributed by atoms with van der Waals surface area (Å²) in [7, 11) is 0. The van der Waals surface area contributed by atoms with Gasteiger partial charge in [0.05, 0.1) is 0 Å². The largest absolute Gasteiger partial charge is 0.507 e. The van der Waals surface area contributed by atoms with E-state index < -0.39 is 37.3 Å². The van der Waals surface area contributed by atoms with Crippen molar-refractivity contribution < 1.29 is 14.7 Å². The van der Waals surface area contributed by atoms with Gasteiger partial charge in [0.1, 0.15) is 25.6 Å². The molecule has 0 heterocycles. The standard InChI is InChI=1S/C22H14Cl4O3/c1-2-11-9-10-21(25)19(28)16(23)17(24)20(29)22(21,26)15(11)14-8-7-12-5-3-4-6-13(12)18(14)27/h2-9,15,27H,1,10H2/t15-,21-,22+/m1/s1. The lowest BCUT2D eigenvalue weighted by molar-refractivity contribution is -0.127. The molecule has 0 spiro atoms. The molecule has 2 aliphatic carbocycles. The van der Waals surface area contributed by atoms with Crippen LogP contribution in [0.2, 0.25) is 0 Å². The maximum absolute atomic E-state index is 13.3. The van der Waals surface area contributed by atoms with Crippen LogP contribution in [0.1, 0.15) is 17.9 Å². The van der Waals surface area contributed by atoms with Crippen LogP contribution in [0.4, 0.5) is 0 Å². The summed E-state index contributed by atoms with van der Waals surface area (Å²) in [6.07, 6.45) is 3.19. The average molecular weight is 468 g/mol. The van der Waals surface area contributed by atoms with Crippen LogP contribution in [-0.2, 0) is 9.59 Å². The lowest BCUT2D eigenvalue weighted by atomic mass is 9.62. The molecule has 7 heteroatoms. The highest BCUT2D eigenvalue weighted by molar-refractivity contribution is 6.66. The molecule has 148 valence electrons. The molecule has 0 aromatic heterocycles. The number of phenolic OH excluding ortho intramolecular Hbond substituents is 1. The highest BCUT2D eigenvalue weighted by Crippen LogP contribution is 2.60. The number of carbonyl (C=O) groups is 2. The number of aromatic hydroxyl groups is 1. The minimum Gasteiger partial charge on any atom is -0.507 e. The number of rotatable bonds is 2. The number of allylic oxidation sites excluding steroid dienone is 5. The zero-order chi connectivity index (χ0) is 21.1. The third-order valence-electron chi connectivity index (χ3n) is 5.69. The molecule has 0 saturated carbocycles. The Morgan fingerprint density at radius 2 is 1.69 bits per heavy atom. The number of benzene rings is 2. The maximum atomic E-state index is 13.3. The predicted molar refractivity (Wildman–Crippen MR) is 117 cm³/mol. The van der Waals surface area contributed by atoms with E-state index in [1.807, 2.05) is 12.1 Å². The van der Waals surface area contributed by atoms with Crippen molar-refractivity contribution in [1.29, 1.82) is 0 Å². The second kappa shape index (κ2) is 6.88. The predicted octanol–water partition coefficient (Wildman–Crippen LogP) is 5.94. The van der Waals surface area contributed by atoms with Crippen LogP contribution in [0.5, 0.6) is 5.75 Å². The van der Waals surface area contributed by atoms with Crippen LogP contribution < -0.4 is 0 Å². The molecule has 0 bridgehead atoms. The lowest BCUT2D eigenvalue weighted by Crippen LogP contribution is -2.64. The average Bonchev–Trinajstić information content (AvgIpc) is 2.73. The SMILES string of the molecule is C=CC1=CC[C@@]2(Cl)C(=O)C(Cl)=C(Cl)C(=O)[C@@]2(Cl)[C@H]1c1ccc2ccccc2c1O. The Morgan fingerprint density at radius 1 is 1.03 bits per heavy atom.